The van der Waals surface area contributed by atoms with Crippen molar-refractivity contribution in [3.63, 3.8) is 0 Å². The zero-order valence-corrected chi connectivity index (χ0v) is 17.6. The highest BCUT2D eigenvalue weighted by Gasteiger charge is 2.30. The average Bonchev–Trinajstić information content (AvgIpc) is 3.31. The number of carbonyl (C=O) groups excluding carboxylic acids is 1. The molecular formula is C24H25F3N4O. The number of hydrogen-bond acceptors (Lipinski definition) is 3. The maximum absolute atomic E-state index is 12.9. The number of rotatable bonds is 6. The van der Waals surface area contributed by atoms with Crippen molar-refractivity contribution in [1.82, 2.24) is 19.7 Å². The Bertz CT molecular complexity index is 1030. The van der Waals surface area contributed by atoms with Crippen LogP contribution in [-0.4, -0.2) is 38.7 Å². The number of carbonyl (C=O) groups is 1. The van der Waals surface area contributed by atoms with E-state index >= 15 is 0 Å². The normalized spacial score (nSPS) is 16.8. The van der Waals surface area contributed by atoms with E-state index in [0.717, 1.165) is 36.7 Å². The highest BCUT2D eigenvalue weighted by Crippen LogP contribution is 2.30. The summed E-state index contributed by atoms with van der Waals surface area (Å²) < 4.78 is 40.5. The molecule has 3 aromatic rings. The van der Waals surface area contributed by atoms with Crippen molar-refractivity contribution in [3.8, 4) is 0 Å². The number of halogens is 3. The molecule has 2 aromatic heterocycles. The highest BCUT2D eigenvalue weighted by molar-refractivity contribution is 5.76. The Labute approximate surface area is 184 Å². The molecule has 4 rings (SSSR count). The van der Waals surface area contributed by atoms with Gasteiger partial charge in [0.15, 0.2) is 0 Å². The van der Waals surface area contributed by atoms with Gasteiger partial charge < -0.3 is 4.90 Å². The number of piperidine rings is 1. The van der Waals surface area contributed by atoms with Crippen LogP contribution in [0.1, 0.15) is 47.6 Å². The van der Waals surface area contributed by atoms with E-state index in [-0.39, 0.29) is 11.8 Å². The number of nitrogens with zero attached hydrogens (tertiary/aromatic N) is 4. The lowest BCUT2D eigenvalue weighted by Gasteiger charge is -2.32. The van der Waals surface area contributed by atoms with Crippen LogP contribution in [0.3, 0.4) is 0 Å². The number of hydrogen-bond donors (Lipinski definition) is 0. The molecule has 0 aliphatic carbocycles. The van der Waals surface area contributed by atoms with Crippen molar-refractivity contribution < 1.29 is 18.0 Å². The molecule has 1 aliphatic heterocycles. The fraction of sp³-hybridized carbons (Fsp3) is 0.375. The second-order valence-corrected chi connectivity index (χ2v) is 8.16. The van der Waals surface area contributed by atoms with Crippen LogP contribution >= 0.6 is 0 Å². The van der Waals surface area contributed by atoms with E-state index < -0.39 is 11.7 Å². The molecule has 0 spiro atoms. The van der Waals surface area contributed by atoms with Crippen molar-refractivity contribution in [1.29, 1.82) is 0 Å². The van der Waals surface area contributed by atoms with Gasteiger partial charge >= 0.3 is 6.18 Å². The first kappa shape index (κ1) is 22.0. The van der Waals surface area contributed by atoms with Crippen LogP contribution in [0.2, 0.25) is 0 Å². The number of aromatic nitrogens is 3. The van der Waals surface area contributed by atoms with Crippen LogP contribution in [0.25, 0.3) is 0 Å². The Morgan fingerprint density at radius 2 is 2.00 bits per heavy atom. The summed E-state index contributed by atoms with van der Waals surface area (Å²) in [5.74, 6) is 0.284. The number of pyridine rings is 1. The minimum atomic E-state index is -4.35. The summed E-state index contributed by atoms with van der Waals surface area (Å²) in [6, 6.07) is 11.1. The third-order valence-electron chi connectivity index (χ3n) is 5.82. The number of benzene rings is 1. The molecule has 1 amide bonds. The van der Waals surface area contributed by atoms with Gasteiger partial charge in [-0.05, 0) is 48.6 Å². The molecule has 3 heterocycles. The summed E-state index contributed by atoms with van der Waals surface area (Å²) in [6.07, 6.45) is 3.61. The lowest BCUT2D eigenvalue weighted by Crippen LogP contribution is -2.39. The van der Waals surface area contributed by atoms with E-state index in [1.807, 2.05) is 29.3 Å². The number of alkyl halides is 3. The van der Waals surface area contributed by atoms with E-state index in [4.69, 9.17) is 0 Å². The van der Waals surface area contributed by atoms with E-state index in [2.05, 4.69) is 10.1 Å². The third kappa shape index (κ3) is 5.55. The first-order valence-electron chi connectivity index (χ1n) is 10.7. The SMILES string of the molecule is O=C(CCn1cccn1)N1CCCC(c2ccc(Cc3cccc(C(F)(F)F)c3)cn2)C1. The number of likely N-dealkylation sites (tertiary alicyclic amines) is 1. The summed E-state index contributed by atoms with van der Waals surface area (Å²) in [5.41, 5.74) is 1.73. The Hall–Kier alpha value is -3.16. The van der Waals surface area contributed by atoms with Crippen molar-refractivity contribution >= 4 is 5.91 Å². The van der Waals surface area contributed by atoms with Gasteiger partial charge in [0, 0.05) is 56.3 Å². The van der Waals surface area contributed by atoms with Gasteiger partial charge in [-0.3, -0.25) is 14.5 Å². The average molecular weight is 442 g/mol. The van der Waals surface area contributed by atoms with Crippen LogP contribution in [0.4, 0.5) is 13.2 Å². The smallest absolute Gasteiger partial charge is 0.342 e. The second kappa shape index (κ2) is 9.54. The molecule has 5 nitrogen and oxygen atoms in total. The maximum Gasteiger partial charge on any atom is 0.416 e. The summed E-state index contributed by atoms with van der Waals surface area (Å²) in [6.45, 7) is 1.95. The van der Waals surface area contributed by atoms with Crippen molar-refractivity contribution in [3.05, 3.63) is 83.4 Å². The minimum absolute atomic E-state index is 0.117. The Morgan fingerprint density at radius 3 is 2.72 bits per heavy atom. The first-order valence-corrected chi connectivity index (χ1v) is 10.7. The number of aryl methyl sites for hydroxylation is 1. The molecule has 8 heteroatoms. The second-order valence-electron chi connectivity index (χ2n) is 8.16. The molecule has 0 saturated carbocycles. The van der Waals surface area contributed by atoms with E-state index in [0.29, 0.717) is 31.5 Å². The minimum Gasteiger partial charge on any atom is -0.342 e. The molecule has 1 unspecified atom stereocenters. The van der Waals surface area contributed by atoms with Crippen LogP contribution in [0.15, 0.2) is 61.1 Å². The molecule has 0 N–H and O–H groups in total. The predicted octanol–water partition coefficient (Wildman–Crippen LogP) is 4.68. The summed E-state index contributed by atoms with van der Waals surface area (Å²) >= 11 is 0. The fourth-order valence-electron chi connectivity index (χ4n) is 4.12. The van der Waals surface area contributed by atoms with Crippen LogP contribution < -0.4 is 0 Å². The van der Waals surface area contributed by atoms with Crippen LogP contribution in [0.5, 0.6) is 0 Å². The molecule has 1 aromatic carbocycles. The molecule has 0 radical (unpaired) electrons. The molecule has 1 fully saturated rings. The van der Waals surface area contributed by atoms with Gasteiger partial charge in [0.05, 0.1) is 5.56 Å². The quantitative estimate of drug-likeness (QED) is 0.557. The molecule has 32 heavy (non-hydrogen) atoms. The largest absolute Gasteiger partial charge is 0.416 e. The molecule has 0 bridgehead atoms. The molecular weight excluding hydrogens is 417 g/mol. The third-order valence-corrected chi connectivity index (χ3v) is 5.82. The van der Waals surface area contributed by atoms with Crippen LogP contribution in [0, 0.1) is 0 Å². The zero-order chi connectivity index (χ0) is 22.6. The van der Waals surface area contributed by atoms with E-state index in [9.17, 15) is 18.0 Å². The standard InChI is InChI=1S/C24H25F3N4O/c25-24(26,27)21-6-1-4-18(15-21)14-19-7-8-22(28-16-19)20-5-2-11-30(17-20)23(32)9-13-31-12-3-10-29-31/h1,3-4,6-8,10,12,15-16,20H,2,5,9,11,13-14,17H2. The van der Waals surface area contributed by atoms with Gasteiger partial charge in [0.2, 0.25) is 5.91 Å². The monoisotopic (exact) mass is 442 g/mol. The molecule has 1 aliphatic rings. The Balaban J connectivity index is 1.35. The maximum atomic E-state index is 12.9. The molecule has 168 valence electrons. The summed E-state index contributed by atoms with van der Waals surface area (Å²) in [5, 5.41) is 4.13. The molecule has 1 atom stereocenters. The first-order chi connectivity index (χ1) is 15.4. The van der Waals surface area contributed by atoms with Gasteiger partial charge in [-0.15, -0.1) is 0 Å². The fourth-order valence-corrected chi connectivity index (χ4v) is 4.12. The lowest BCUT2D eigenvalue weighted by molar-refractivity contribution is -0.137. The van der Waals surface area contributed by atoms with Crippen molar-refractivity contribution in [2.75, 3.05) is 13.1 Å². The van der Waals surface area contributed by atoms with Gasteiger partial charge in [-0.1, -0.05) is 24.3 Å². The summed E-state index contributed by atoms with van der Waals surface area (Å²) in [4.78, 5) is 19.1. The van der Waals surface area contributed by atoms with Crippen LogP contribution in [-0.2, 0) is 23.9 Å². The summed E-state index contributed by atoms with van der Waals surface area (Å²) in [7, 11) is 0. The lowest BCUT2D eigenvalue weighted by atomic mass is 9.93. The van der Waals surface area contributed by atoms with Gasteiger partial charge in [0.1, 0.15) is 0 Å². The van der Waals surface area contributed by atoms with Crippen molar-refractivity contribution in [2.45, 2.75) is 44.3 Å². The zero-order valence-electron chi connectivity index (χ0n) is 17.6. The van der Waals surface area contributed by atoms with E-state index in [1.54, 1.807) is 23.1 Å². The highest BCUT2D eigenvalue weighted by atomic mass is 19.4. The van der Waals surface area contributed by atoms with Gasteiger partial charge in [0.25, 0.3) is 0 Å². The van der Waals surface area contributed by atoms with Crippen molar-refractivity contribution in [2.24, 2.45) is 0 Å². The predicted molar refractivity (Wildman–Crippen MR) is 114 cm³/mol. The van der Waals surface area contributed by atoms with E-state index in [1.165, 1.54) is 12.1 Å². The number of amides is 1. The molecule has 1 saturated heterocycles. The van der Waals surface area contributed by atoms with Gasteiger partial charge in [-0.25, -0.2) is 0 Å². The topological polar surface area (TPSA) is 51.0 Å². The Morgan fingerprint density at radius 1 is 1.12 bits per heavy atom. The Kier molecular flexibility index (Phi) is 6.58. The van der Waals surface area contributed by atoms with Gasteiger partial charge in [-0.2, -0.15) is 18.3 Å².